The Hall–Kier alpha value is -0.990. The van der Waals surface area contributed by atoms with Gasteiger partial charge in [-0.2, -0.15) is 0 Å². The van der Waals surface area contributed by atoms with Gasteiger partial charge in [0.15, 0.2) is 0 Å². The number of rotatable bonds is 2. The van der Waals surface area contributed by atoms with Gasteiger partial charge in [-0.15, -0.1) is 0 Å². The molecule has 0 rings (SSSR count). The highest BCUT2D eigenvalue weighted by atomic mass is 16.4. The van der Waals surface area contributed by atoms with Gasteiger partial charge < -0.3 is 10.8 Å². The van der Waals surface area contributed by atoms with E-state index in [1.54, 1.807) is 6.92 Å². The molecule has 0 aromatic rings. The number of hydrogen-bond acceptors (Lipinski definition) is 2. The maximum absolute atomic E-state index is 9.98. The standard InChI is InChI=1S/C5H9NO2/c1-4(2-3-6)5(7)8/h2-4H,6H2,1H3,(H,7,8)/b3-2-. The average molecular weight is 115 g/mol. The highest BCUT2D eigenvalue weighted by molar-refractivity contribution is 5.71. The van der Waals surface area contributed by atoms with E-state index in [1.807, 2.05) is 0 Å². The largest absolute Gasteiger partial charge is 0.481 e. The van der Waals surface area contributed by atoms with Crippen molar-refractivity contribution in [3.8, 4) is 0 Å². The molecule has 8 heavy (non-hydrogen) atoms. The molecular formula is C5H9NO2. The first kappa shape index (κ1) is 7.01. The highest BCUT2D eigenvalue weighted by Crippen LogP contribution is 1.93. The van der Waals surface area contributed by atoms with Crippen LogP contribution in [0.3, 0.4) is 0 Å². The minimum atomic E-state index is -0.855. The summed E-state index contributed by atoms with van der Waals surface area (Å²) >= 11 is 0. The molecule has 0 fully saturated rings. The molecule has 0 saturated heterocycles. The van der Waals surface area contributed by atoms with Crippen molar-refractivity contribution in [3.05, 3.63) is 12.3 Å². The van der Waals surface area contributed by atoms with Crippen LogP contribution in [-0.2, 0) is 4.79 Å². The van der Waals surface area contributed by atoms with Gasteiger partial charge in [0.25, 0.3) is 0 Å². The Labute approximate surface area is 47.8 Å². The van der Waals surface area contributed by atoms with Crippen molar-refractivity contribution in [1.29, 1.82) is 0 Å². The summed E-state index contributed by atoms with van der Waals surface area (Å²) in [5.41, 5.74) is 4.92. The molecule has 0 aromatic carbocycles. The van der Waals surface area contributed by atoms with Crippen LogP contribution in [-0.4, -0.2) is 11.1 Å². The molecule has 0 radical (unpaired) electrons. The molecule has 0 aromatic heterocycles. The molecule has 0 bridgehead atoms. The van der Waals surface area contributed by atoms with E-state index in [4.69, 9.17) is 10.8 Å². The fourth-order valence-corrected chi connectivity index (χ4v) is 0.249. The molecule has 0 aliphatic heterocycles. The van der Waals surface area contributed by atoms with E-state index in [0.29, 0.717) is 0 Å². The summed E-state index contributed by atoms with van der Waals surface area (Å²) in [4.78, 5) is 9.98. The summed E-state index contributed by atoms with van der Waals surface area (Å²) in [7, 11) is 0. The Bertz CT molecular complexity index is 109. The molecule has 0 aliphatic carbocycles. The molecule has 3 N–H and O–H groups in total. The first-order chi connectivity index (χ1) is 3.68. The lowest BCUT2D eigenvalue weighted by atomic mass is 10.2. The van der Waals surface area contributed by atoms with E-state index < -0.39 is 11.9 Å². The zero-order chi connectivity index (χ0) is 6.57. The average Bonchev–Trinajstić information content (AvgIpc) is 1.67. The summed E-state index contributed by atoms with van der Waals surface area (Å²) in [6.07, 6.45) is 2.65. The minimum Gasteiger partial charge on any atom is -0.481 e. The summed E-state index contributed by atoms with van der Waals surface area (Å²) in [6, 6.07) is 0. The van der Waals surface area contributed by atoms with E-state index in [-0.39, 0.29) is 0 Å². The van der Waals surface area contributed by atoms with E-state index >= 15 is 0 Å². The molecule has 0 spiro atoms. The Morgan fingerprint density at radius 1 is 1.88 bits per heavy atom. The quantitative estimate of drug-likeness (QED) is 0.539. The predicted octanol–water partition coefficient (Wildman–Crippen LogP) is 0.180. The number of carboxylic acids is 1. The van der Waals surface area contributed by atoms with Gasteiger partial charge in [-0.25, -0.2) is 0 Å². The molecule has 1 atom stereocenters. The summed E-state index contributed by atoms with van der Waals surface area (Å²) in [6.45, 7) is 1.56. The van der Waals surface area contributed by atoms with Crippen molar-refractivity contribution in [1.82, 2.24) is 0 Å². The molecule has 46 valence electrons. The van der Waals surface area contributed by atoms with Crippen LogP contribution in [0.2, 0.25) is 0 Å². The van der Waals surface area contributed by atoms with Gasteiger partial charge in [0.05, 0.1) is 5.92 Å². The third-order valence-corrected chi connectivity index (χ3v) is 0.789. The Morgan fingerprint density at radius 3 is 2.50 bits per heavy atom. The van der Waals surface area contributed by atoms with E-state index in [9.17, 15) is 4.79 Å². The van der Waals surface area contributed by atoms with Gasteiger partial charge in [0.2, 0.25) is 0 Å². The maximum Gasteiger partial charge on any atom is 0.310 e. The third-order valence-electron chi connectivity index (χ3n) is 0.789. The molecule has 3 nitrogen and oxygen atoms in total. The first-order valence-electron chi connectivity index (χ1n) is 2.29. The van der Waals surface area contributed by atoms with Crippen LogP contribution in [0.1, 0.15) is 6.92 Å². The summed E-state index contributed by atoms with van der Waals surface area (Å²) in [5, 5.41) is 8.21. The Kier molecular flexibility index (Phi) is 2.69. The van der Waals surface area contributed by atoms with Crippen molar-refractivity contribution in [3.63, 3.8) is 0 Å². The summed E-state index contributed by atoms with van der Waals surface area (Å²) < 4.78 is 0. The number of hydrogen-bond donors (Lipinski definition) is 2. The van der Waals surface area contributed by atoms with Crippen LogP contribution >= 0.6 is 0 Å². The fraction of sp³-hybridized carbons (Fsp3) is 0.400. The normalized spacial score (nSPS) is 14.1. The van der Waals surface area contributed by atoms with E-state index in [2.05, 4.69) is 0 Å². The zero-order valence-electron chi connectivity index (χ0n) is 4.66. The molecule has 0 aliphatic rings. The zero-order valence-corrected chi connectivity index (χ0v) is 4.66. The Morgan fingerprint density at radius 2 is 2.38 bits per heavy atom. The van der Waals surface area contributed by atoms with Crippen LogP contribution < -0.4 is 5.73 Å². The van der Waals surface area contributed by atoms with E-state index in [0.717, 1.165) is 0 Å². The van der Waals surface area contributed by atoms with Crippen molar-refractivity contribution in [2.24, 2.45) is 11.7 Å². The van der Waals surface area contributed by atoms with Crippen molar-refractivity contribution in [2.75, 3.05) is 0 Å². The molecule has 0 amide bonds. The predicted molar refractivity (Wildman–Crippen MR) is 30.1 cm³/mol. The van der Waals surface area contributed by atoms with Gasteiger partial charge in [-0.1, -0.05) is 6.08 Å². The molecule has 3 heteroatoms. The molecular weight excluding hydrogens is 106 g/mol. The van der Waals surface area contributed by atoms with Crippen LogP contribution in [0.15, 0.2) is 12.3 Å². The SMILES string of the molecule is CC(/C=C\N)C(=O)O. The van der Waals surface area contributed by atoms with Gasteiger partial charge in [0.1, 0.15) is 0 Å². The van der Waals surface area contributed by atoms with Crippen LogP contribution in [0, 0.1) is 5.92 Å². The monoisotopic (exact) mass is 115 g/mol. The number of aliphatic carboxylic acids is 1. The summed E-state index contributed by atoms with van der Waals surface area (Å²) in [5.74, 6) is -1.33. The van der Waals surface area contributed by atoms with Crippen LogP contribution in [0.5, 0.6) is 0 Å². The van der Waals surface area contributed by atoms with Gasteiger partial charge in [-0.05, 0) is 13.1 Å². The minimum absolute atomic E-state index is 0.472. The molecule has 1 unspecified atom stereocenters. The second kappa shape index (κ2) is 3.07. The lowest BCUT2D eigenvalue weighted by Crippen LogP contribution is -2.06. The van der Waals surface area contributed by atoms with Gasteiger partial charge in [-0.3, -0.25) is 4.79 Å². The molecule has 0 saturated carbocycles. The van der Waals surface area contributed by atoms with Crippen molar-refractivity contribution < 1.29 is 9.90 Å². The van der Waals surface area contributed by atoms with Crippen LogP contribution in [0.25, 0.3) is 0 Å². The lowest BCUT2D eigenvalue weighted by Gasteiger charge is -1.93. The highest BCUT2D eigenvalue weighted by Gasteiger charge is 2.03. The number of nitrogens with two attached hydrogens (primary N) is 1. The second-order valence-electron chi connectivity index (χ2n) is 1.51. The van der Waals surface area contributed by atoms with E-state index in [1.165, 1.54) is 12.3 Å². The smallest absolute Gasteiger partial charge is 0.310 e. The van der Waals surface area contributed by atoms with Crippen molar-refractivity contribution >= 4 is 5.97 Å². The topological polar surface area (TPSA) is 63.3 Å². The van der Waals surface area contributed by atoms with Gasteiger partial charge in [0, 0.05) is 0 Å². The Balaban J connectivity index is 3.64. The third kappa shape index (κ3) is 2.23. The first-order valence-corrected chi connectivity index (χ1v) is 2.29. The lowest BCUT2D eigenvalue weighted by molar-refractivity contribution is -0.139. The second-order valence-corrected chi connectivity index (χ2v) is 1.51. The fourth-order valence-electron chi connectivity index (χ4n) is 0.249. The number of carbonyl (C=O) groups is 1. The van der Waals surface area contributed by atoms with Crippen molar-refractivity contribution in [2.45, 2.75) is 6.92 Å². The van der Waals surface area contributed by atoms with Gasteiger partial charge >= 0.3 is 5.97 Å². The maximum atomic E-state index is 9.98. The van der Waals surface area contributed by atoms with Crippen LogP contribution in [0.4, 0.5) is 0 Å². The number of carboxylic acid groups (broad SMARTS) is 1. The molecule has 0 heterocycles.